The summed E-state index contributed by atoms with van der Waals surface area (Å²) in [5.74, 6) is 1.64. The zero-order valence-electron chi connectivity index (χ0n) is 9.45. The molecule has 0 aromatic rings. The van der Waals surface area contributed by atoms with Gasteiger partial charge in [0.25, 0.3) is 0 Å². The van der Waals surface area contributed by atoms with Gasteiger partial charge in [-0.15, -0.1) is 0 Å². The topological polar surface area (TPSA) is 41.6 Å². The van der Waals surface area contributed by atoms with Gasteiger partial charge < -0.3 is 10.6 Å². The van der Waals surface area contributed by atoms with Crippen LogP contribution in [0.1, 0.15) is 33.6 Å². The molecule has 2 rings (SSSR count). The van der Waals surface area contributed by atoms with Crippen LogP contribution in [0.4, 0.5) is 0 Å². The molecule has 2 aliphatic rings. The molecule has 0 amide bonds. The Morgan fingerprint density at radius 3 is 2.57 bits per heavy atom. The maximum atomic E-state index is 5.92. The predicted octanol–water partition coefficient (Wildman–Crippen LogP) is 1.44. The van der Waals surface area contributed by atoms with Gasteiger partial charge in [-0.3, -0.25) is 4.99 Å². The first-order valence-electron chi connectivity index (χ1n) is 5.55. The van der Waals surface area contributed by atoms with Crippen LogP contribution in [0.3, 0.4) is 0 Å². The van der Waals surface area contributed by atoms with Crippen LogP contribution in [0.15, 0.2) is 4.99 Å². The summed E-state index contributed by atoms with van der Waals surface area (Å²) >= 11 is 0. The van der Waals surface area contributed by atoms with Gasteiger partial charge in [-0.1, -0.05) is 20.8 Å². The molecule has 0 saturated heterocycles. The van der Waals surface area contributed by atoms with E-state index in [9.17, 15) is 0 Å². The van der Waals surface area contributed by atoms with Crippen LogP contribution in [0, 0.1) is 11.3 Å². The summed E-state index contributed by atoms with van der Waals surface area (Å²) in [6, 6.07) is 0.503. The van der Waals surface area contributed by atoms with Gasteiger partial charge in [0, 0.05) is 6.54 Å². The van der Waals surface area contributed by atoms with Crippen LogP contribution in [0.2, 0.25) is 0 Å². The van der Waals surface area contributed by atoms with Crippen molar-refractivity contribution in [2.24, 2.45) is 22.1 Å². The third kappa shape index (κ3) is 1.86. The third-order valence-electron chi connectivity index (χ3n) is 3.25. The Kier molecular flexibility index (Phi) is 2.20. The molecule has 3 heteroatoms. The van der Waals surface area contributed by atoms with Crippen molar-refractivity contribution in [3.05, 3.63) is 0 Å². The first-order chi connectivity index (χ1) is 6.48. The largest absolute Gasteiger partial charge is 0.370 e. The molecule has 1 atom stereocenters. The molecule has 1 fully saturated rings. The lowest BCUT2D eigenvalue weighted by molar-refractivity contribution is 0.183. The van der Waals surface area contributed by atoms with E-state index in [-0.39, 0.29) is 5.41 Å². The number of nitrogens with two attached hydrogens (primary N) is 1. The zero-order chi connectivity index (χ0) is 10.3. The number of rotatable bonds is 2. The molecule has 1 saturated carbocycles. The molecule has 0 radical (unpaired) electrons. The first-order valence-corrected chi connectivity index (χ1v) is 5.55. The van der Waals surface area contributed by atoms with E-state index in [1.165, 1.54) is 12.8 Å². The number of hydrogen-bond acceptors (Lipinski definition) is 3. The Morgan fingerprint density at radius 2 is 2.07 bits per heavy atom. The average Bonchev–Trinajstić information content (AvgIpc) is 2.76. The fourth-order valence-corrected chi connectivity index (χ4v) is 2.07. The van der Waals surface area contributed by atoms with Gasteiger partial charge >= 0.3 is 0 Å². The van der Waals surface area contributed by atoms with Gasteiger partial charge in [0.1, 0.15) is 0 Å². The second kappa shape index (κ2) is 3.14. The number of hydrogen-bond donors (Lipinski definition) is 1. The van der Waals surface area contributed by atoms with Gasteiger partial charge in [-0.05, 0) is 24.2 Å². The smallest absolute Gasteiger partial charge is 0.191 e. The zero-order valence-corrected chi connectivity index (χ0v) is 9.45. The molecular weight excluding hydrogens is 174 g/mol. The Hall–Kier alpha value is -0.730. The van der Waals surface area contributed by atoms with E-state index in [4.69, 9.17) is 5.73 Å². The van der Waals surface area contributed by atoms with E-state index in [0.717, 1.165) is 25.0 Å². The van der Waals surface area contributed by atoms with Crippen molar-refractivity contribution in [2.75, 3.05) is 13.1 Å². The lowest BCUT2D eigenvalue weighted by atomic mass is 9.86. The predicted molar refractivity (Wildman–Crippen MR) is 59.2 cm³/mol. The molecule has 1 aliphatic carbocycles. The molecule has 3 nitrogen and oxygen atoms in total. The summed E-state index contributed by atoms with van der Waals surface area (Å²) in [5.41, 5.74) is 6.20. The van der Waals surface area contributed by atoms with E-state index >= 15 is 0 Å². The van der Waals surface area contributed by atoms with Gasteiger partial charge in [0.2, 0.25) is 0 Å². The summed E-state index contributed by atoms with van der Waals surface area (Å²) in [4.78, 5) is 6.68. The fraction of sp³-hybridized carbons (Fsp3) is 0.909. The van der Waals surface area contributed by atoms with Gasteiger partial charge in [-0.2, -0.15) is 0 Å². The highest BCUT2D eigenvalue weighted by Crippen LogP contribution is 2.34. The maximum absolute atomic E-state index is 5.92. The molecule has 1 heterocycles. The van der Waals surface area contributed by atoms with Gasteiger partial charge in [-0.25, -0.2) is 0 Å². The number of guanidine groups is 1. The summed E-state index contributed by atoms with van der Waals surface area (Å²) in [6.45, 7) is 8.81. The fourth-order valence-electron chi connectivity index (χ4n) is 2.07. The minimum absolute atomic E-state index is 0.277. The van der Waals surface area contributed by atoms with E-state index in [0.29, 0.717) is 6.04 Å². The minimum atomic E-state index is 0.277. The lowest BCUT2D eigenvalue weighted by Crippen LogP contribution is -2.48. The standard InChI is InChI=1S/C11H21N3/c1-11(2,3)9-6-13-10(12)14(9)7-8-4-5-8/h8-9H,4-7H2,1-3H3,(H2,12,13). The van der Waals surface area contributed by atoms with Crippen molar-refractivity contribution >= 4 is 5.96 Å². The second-order valence-electron chi connectivity index (χ2n) is 5.68. The highest BCUT2D eigenvalue weighted by molar-refractivity contribution is 5.80. The van der Waals surface area contributed by atoms with E-state index < -0.39 is 0 Å². The molecule has 0 spiro atoms. The van der Waals surface area contributed by atoms with Crippen LogP contribution < -0.4 is 5.73 Å². The molecule has 80 valence electrons. The monoisotopic (exact) mass is 195 g/mol. The first kappa shape index (κ1) is 9.81. The van der Waals surface area contributed by atoms with Crippen LogP contribution in [-0.4, -0.2) is 30.0 Å². The normalized spacial score (nSPS) is 28.1. The number of aliphatic imine (C=N–C) groups is 1. The summed E-state index contributed by atoms with van der Waals surface area (Å²) in [6.07, 6.45) is 2.75. The van der Waals surface area contributed by atoms with Gasteiger partial charge in [0.05, 0.1) is 12.6 Å². The summed E-state index contributed by atoms with van der Waals surface area (Å²) < 4.78 is 0. The second-order valence-corrected chi connectivity index (χ2v) is 5.68. The maximum Gasteiger partial charge on any atom is 0.191 e. The average molecular weight is 195 g/mol. The lowest BCUT2D eigenvalue weighted by Gasteiger charge is -2.35. The van der Waals surface area contributed by atoms with Gasteiger partial charge in [0.15, 0.2) is 5.96 Å². The van der Waals surface area contributed by atoms with E-state index in [1.807, 2.05) is 0 Å². The van der Waals surface area contributed by atoms with Crippen LogP contribution >= 0.6 is 0 Å². The Morgan fingerprint density at radius 1 is 1.43 bits per heavy atom. The minimum Gasteiger partial charge on any atom is -0.370 e. The van der Waals surface area contributed by atoms with Crippen LogP contribution in [0.5, 0.6) is 0 Å². The Balaban J connectivity index is 2.04. The summed E-state index contributed by atoms with van der Waals surface area (Å²) in [7, 11) is 0. The van der Waals surface area contributed by atoms with Crippen molar-refractivity contribution < 1.29 is 0 Å². The number of nitrogens with zero attached hydrogens (tertiary/aromatic N) is 2. The molecule has 0 aromatic heterocycles. The van der Waals surface area contributed by atoms with Crippen molar-refractivity contribution in [1.82, 2.24) is 4.90 Å². The van der Waals surface area contributed by atoms with Crippen molar-refractivity contribution in [2.45, 2.75) is 39.7 Å². The van der Waals surface area contributed by atoms with Crippen molar-refractivity contribution in [1.29, 1.82) is 0 Å². The molecular formula is C11H21N3. The van der Waals surface area contributed by atoms with Crippen molar-refractivity contribution in [3.8, 4) is 0 Å². The highest BCUT2D eigenvalue weighted by atomic mass is 15.3. The van der Waals surface area contributed by atoms with E-state index in [2.05, 4.69) is 30.7 Å². The Labute approximate surface area is 86.4 Å². The quantitative estimate of drug-likeness (QED) is 0.724. The van der Waals surface area contributed by atoms with Crippen LogP contribution in [-0.2, 0) is 0 Å². The van der Waals surface area contributed by atoms with Crippen molar-refractivity contribution in [3.63, 3.8) is 0 Å². The molecule has 0 aromatic carbocycles. The molecule has 14 heavy (non-hydrogen) atoms. The SMILES string of the molecule is CC(C)(C)C1CN=C(N)N1CC1CC1. The van der Waals surface area contributed by atoms with Crippen LogP contribution in [0.25, 0.3) is 0 Å². The summed E-state index contributed by atoms with van der Waals surface area (Å²) in [5, 5.41) is 0. The molecule has 2 N–H and O–H groups in total. The highest BCUT2D eigenvalue weighted by Gasteiger charge is 2.38. The Bertz CT molecular complexity index is 248. The molecule has 1 unspecified atom stereocenters. The van der Waals surface area contributed by atoms with E-state index in [1.54, 1.807) is 0 Å². The molecule has 0 bridgehead atoms. The third-order valence-corrected chi connectivity index (χ3v) is 3.25. The molecule has 1 aliphatic heterocycles.